The van der Waals surface area contributed by atoms with E-state index in [1.54, 1.807) is 62.4 Å². The van der Waals surface area contributed by atoms with E-state index in [-0.39, 0.29) is 33.3 Å². The molecule has 0 fully saturated rings. The van der Waals surface area contributed by atoms with E-state index >= 15 is 0 Å². The van der Waals surface area contributed by atoms with Gasteiger partial charge in [-0.25, -0.2) is 9.36 Å². The number of aromatic nitrogens is 4. The van der Waals surface area contributed by atoms with E-state index in [2.05, 4.69) is 10.2 Å². The summed E-state index contributed by atoms with van der Waals surface area (Å²) in [7, 11) is 0. The summed E-state index contributed by atoms with van der Waals surface area (Å²) in [6, 6.07) is 21.5. The highest BCUT2D eigenvalue weighted by Gasteiger charge is 2.33. The molecule has 6 rings (SSSR count). The number of non-ortho nitro benzene ring substituents is 1. The van der Waals surface area contributed by atoms with Crippen LogP contribution in [-0.2, 0) is 0 Å². The van der Waals surface area contributed by atoms with Gasteiger partial charge in [0.25, 0.3) is 16.8 Å². The molecule has 0 unspecified atom stereocenters. The average Bonchev–Trinajstić information content (AvgIpc) is 3.45. The van der Waals surface area contributed by atoms with Crippen molar-refractivity contribution in [2.24, 2.45) is 0 Å². The van der Waals surface area contributed by atoms with Crippen molar-refractivity contribution in [1.29, 1.82) is 0 Å². The van der Waals surface area contributed by atoms with Crippen LogP contribution in [0.2, 0.25) is 0 Å². The molecule has 0 aliphatic carbocycles. The Labute approximate surface area is 231 Å². The Kier molecular flexibility index (Phi) is 6.11. The Morgan fingerprint density at radius 1 is 0.780 bits per heavy atom. The Hall–Kier alpha value is -5.71. The first-order chi connectivity index (χ1) is 19.8. The number of aryl methyl sites for hydroxylation is 2. The Morgan fingerprint density at radius 3 is 1.78 bits per heavy atom. The third-order valence-electron chi connectivity index (χ3n) is 7.14. The summed E-state index contributed by atoms with van der Waals surface area (Å²) in [6.45, 7) is 3.38. The summed E-state index contributed by atoms with van der Waals surface area (Å²) in [6.07, 6.45) is 1.22. The first kappa shape index (κ1) is 25.6. The summed E-state index contributed by atoms with van der Waals surface area (Å²) in [5, 5.41) is 17.6. The number of hydrogen-bond donors (Lipinski definition) is 2. The average molecular weight is 550 g/mol. The third kappa shape index (κ3) is 4.20. The Morgan fingerprint density at radius 2 is 1.29 bits per heavy atom. The van der Waals surface area contributed by atoms with Gasteiger partial charge in [-0.3, -0.25) is 34.7 Å². The van der Waals surface area contributed by atoms with Crippen molar-refractivity contribution in [3.63, 3.8) is 0 Å². The highest BCUT2D eigenvalue weighted by Crippen LogP contribution is 2.32. The van der Waals surface area contributed by atoms with Gasteiger partial charge in [-0.05, 0) is 44.2 Å². The minimum absolute atomic E-state index is 0.00294. The molecule has 0 bridgehead atoms. The molecule has 11 nitrogen and oxygen atoms in total. The first-order valence-corrected chi connectivity index (χ1v) is 12.7. The fraction of sp³-hybridized carbons (Fsp3) is 0.100. The van der Waals surface area contributed by atoms with E-state index in [0.717, 1.165) is 6.07 Å². The van der Waals surface area contributed by atoms with Crippen molar-refractivity contribution >= 4 is 16.7 Å². The summed E-state index contributed by atoms with van der Waals surface area (Å²) >= 11 is 0. The number of nitro benzene ring substituents is 1. The summed E-state index contributed by atoms with van der Waals surface area (Å²) in [5.41, 5.74) is 0.716. The lowest BCUT2D eigenvalue weighted by molar-refractivity contribution is -0.384. The zero-order valence-electron chi connectivity index (χ0n) is 22.0. The summed E-state index contributed by atoms with van der Waals surface area (Å²) in [4.78, 5) is 52.8. The number of nitro groups is 1. The zero-order valence-corrected chi connectivity index (χ0v) is 22.0. The molecule has 204 valence electrons. The number of fused-ring (bicyclic) bond motifs is 1. The molecule has 0 amide bonds. The van der Waals surface area contributed by atoms with Crippen molar-refractivity contribution in [2.75, 3.05) is 0 Å². The van der Waals surface area contributed by atoms with Crippen LogP contribution in [0.3, 0.4) is 0 Å². The van der Waals surface area contributed by atoms with E-state index in [4.69, 9.17) is 4.42 Å². The number of nitrogens with one attached hydrogen (secondary N) is 2. The molecular formula is C30H23N5O6. The second kappa shape index (κ2) is 9.79. The normalized spacial score (nSPS) is 11.4. The van der Waals surface area contributed by atoms with E-state index in [1.807, 2.05) is 12.1 Å². The van der Waals surface area contributed by atoms with Gasteiger partial charge in [-0.15, -0.1) is 0 Å². The predicted molar refractivity (Wildman–Crippen MR) is 152 cm³/mol. The van der Waals surface area contributed by atoms with E-state index in [1.165, 1.54) is 27.8 Å². The van der Waals surface area contributed by atoms with Crippen LogP contribution in [0.4, 0.5) is 5.69 Å². The quantitative estimate of drug-likeness (QED) is 0.231. The monoisotopic (exact) mass is 549 g/mol. The van der Waals surface area contributed by atoms with Crippen LogP contribution in [-0.4, -0.2) is 24.5 Å². The third-order valence-corrected chi connectivity index (χ3v) is 7.14. The zero-order chi connectivity index (χ0) is 28.8. The Bertz CT molecular complexity index is 2020. The molecule has 0 saturated carbocycles. The van der Waals surface area contributed by atoms with Gasteiger partial charge >= 0.3 is 0 Å². The van der Waals surface area contributed by atoms with Crippen molar-refractivity contribution in [1.82, 2.24) is 19.6 Å². The van der Waals surface area contributed by atoms with Gasteiger partial charge in [-0.1, -0.05) is 36.4 Å². The van der Waals surface area contributed by atoms with Crippen LogP contribution in [0, 0.1) is 24.0 Å². The molecule has 0 atom stereocenters. The molecule has 0 aliphatic heterocycles. The smallest absolute Gasteiger partial charge is 0.275 e. The SMILES string of the molecule is Cc1[nH]n(-c2ccccc2)c(=O)c1C(c1coc2ccc([N+](=O)[O-])cc2c1=O)c1c(C)[nH]n(-c2ccccc2)c1=O. The van der Waals surface area contributed by atoms with E-state index < -0.39 is 27.4 Å². The molecular weight excluding hydrogens is 526 g/mol. The molecule has 0 aliphatic rings. The number of nitrogens with zero attached hydrogens (tertiary/aromatic N) is 3. The van der Waals surface area contributed by atoms with Crippen LogP contribution in [0.25, 0.3) is 22.3 Å². The molecule has 2 N–H and O–H groups in total. The van der Waals surface area contributed by atoms with Crippen molar-refractivity contribution in [3.05, 3.63) is 154 Å². The van der Waals surface area contributed by atoms with Gasteiger partial charge in [0.05, 0.1) is 45.0 Å². The van der Waals surface area contributed by atoms with Crippen LogP contribution in [0.5, 0.6) is 0 Å². The number of H-pyrrole nitrogens is 2. The molecule has 3 heterocycles. The number of hydrogen-bond acceptors (Lipinski definition) is 6. The van der Waals surface area contributed by atoms with Crippen molar-refractivity contribution in [3.8, 4) is 11.4 Å². The van der Waals surface area contributed by atoms with Crippen LogP contribution in [0.1, 0.15) is 34.0 Å². The minimum atomic E-state index is -1.16. The number of benzene rings is 3. The van der Waals surface area contributed by atoms with E-state index in [0.29, 0.717) is 22.8 Å². The lowest BCUT2D eigenvalue weighted by Gasteiger charge is -2.15. The molecule has 41 heavy (non-hydrogen) atoms. The largest absolute Gasteiger partial charge is 0.464 e. The second-order valence-corrected chi connectivity index (χ2v) is 9.64. The van der Waals surface area contributed by atoms with Crippen LogP contribution >= 0.6 is 0 Å². The maximum atomic E-state index is 14.0. The number of aromatic amines is 2. The van der Waals surface area contributed by atoms with E-state index in [9.17, 15) is 24.5 Å². The molecule has 6 aromatic rings. The Balaban J connectivity index is 1.67. The topological polar surface area (TPSA) is 149 Å². The molecule has 3 aromatic carbocycles. The molecule has 0 radical (unpaired) electrons. The maximum absolute atomic E-state index is 14.0. The van der Waals surface area contributed by atoms with Gasteiger partial charge in [0, 0.05) is 29.1 Å². The lowest BCUT2D eigenvalue weighted by Crippen LogP contribution is -2.28. The van der Waals surface area contributed by atoms with Gasteiger partial charge in [0.1, 0.15) is 5.58 Å². The van der Waals surface area contributed by atoms with Gasteiger partial charge in [-0.2, -0.15) is 0 Å². The highest BCUT2D eigenvalue weighted by molar-refractivity contribution is 5.80. The minimum Gasteiger partial charge on any atom is -0.464 e. The van der Waals surface area contributed by atoms with Crippen molar-refractivity contribution in [2.45, 2.75) is 19.8 Å². The highest BCUT2D eigenvalue weighted by atomic mass is 16.6. The molecule has 3 aromatic heterocycles. The maximum Gasteiger partial charge on any atom is 0.275 e. The molecule has 11 heteroatoms. The number of para-hydroxylation sites is 2. The number of rotatable bonds is 6. The van der Waals surface area contributed by atoms with Crippen LogP contribution in [0.15, 0.2) is 104 Å². The van der Waals surface area contributed by atoms with Gasteiger partial charge in [0.2, 0.25) is 0 Å². The fourth-order valence-corrected chi connectivity index (χ4v) is 5.22. The summed E-state index contributed by atoms with van der Waals surface area (Å²) < 4.78 is 8.46. The molecule has 0 spiro atoms. The fourth-order valence-electron chi connectivity index (χ4n) is 5.22. The molecule has 0 saturated heterocycles. The predicted octanol–water partition coefficient (Wildman–Crippen LogP) is 4.46. The van der Waals surface area contributed by atoms with Crippen molar-refractivity contribution < 1.29 is 9.34 Å². The standard InChI is InChI=1S/C30H23N5O6/c1-17-25(29(37)33(31-17)19-9-5-3-6-10-19)27(26-18(2)32-34(30(26)38)20-11-7-4-8-12-20)23-16-41-24-14-13-21(35(39)40)15-22(24)28(23)36/h3-16,27,31-32H,1-2H3. The summed E-state index contributed by atoms with van der Waals surface area (Å²) in [5.74, 6) is -1.16. The van der Waals surface area contributed by atoms with Gasteiger partial charge < -0.3 is 4.42 Å². The lowest BCUT2D eigenvalue weighted by atomic mass is 9.85. The first-order valence-electron chi connectivity index (χ1n) is 12.7. The van der Waals surface area contributed by atoms with Crippen LogP contribution < -0.4 is 16.5 Å². The van der Waals surface area contributed by atoms with Gasteiger partial charge in [0.15, 0.2) is 5.43 Å². The second-order valence-electron chi connectivity index (χ2n) is 9.64.